The summed E-state index contributed by atoms with van der Waals surface area (Å²) in [5, 5.41) is 4.45. The van der Waals surface area contributed by atoms with Crippen molar-refractivity contribution in [1.29, 1.82) is 0 Å². The number of imide groups is 1. The zero-order chi connectivity index (χ0) is 17.9. The maximum atomic E-state index is 12.5. The third-order valence-electron chi connectivity index (χ3n) is 3.10. The van der Waals surface area contributed by atoms with Crippen molar-refractivity contribution in [2.45, 2.75) is 25.1 Å². The molecule has 1 fully saturated rings. The molecule has 1 aliphatic rings. The van der Waals surface area contributed by atoms with Crippen LogP contribution in [0, 0.1) is 0 Å². The standard InChI is InChI=1S/C14H14F3N3O4/c15-14(16,17)7-1-4-9(10(18)5-7)12(22)24-6-11(21)20-13(23)19-8-2-3-8/h1,4-5,8H,2-3,6,18H2,(H2,19,20,21,23). The fourth-order valence-electron chi connectivity index (χ4n) is 1.75. The van der Waals surface area contributed by atoms with Gasteiger partial charge in [-0.25, -0.2) is 9.59 Å². The van der Waals surface area contributed by atoms with E-state index in [2.05, 4.69) is 10.1 Å². The first kappa shape index (κ1) is 17.6. The molecule has 0 radical (unpaired) electrons. The second kappa shape index (κ2) is 6.77. The van der Waals surface area contributed by atoms with Crippen LogP contribution >= 0.6 is 0 Å². The van der Waals surface area contributed by atoms with E-state index >= 15 is 0 Å². The molecule has 24 heavy (non-hydrogen) atoms. The molecule has 3 amide bonds. The van der Waals surface area contributed by atoms with Gasteiger partial charge in [-0.1, -0.05) is 0 Å². The minimum atomic E-state index is -4.59. The van der Waals surface area contributed by atoms with Gasteiger partial charge in [0.05, 0.1) is 11.1 Å². The van der Waals surface area contributed by atoms with Gasteiger partial charge < -0.3 is 15.8 Å². The van der Waals surface area contributed by atoms with E-state index in [0.717, 1.165) is 18.9 Å². The first-order valence-corrected chi connectivity index (χ1v) is 6.91. The Morgan fingerprint density at radius 1 is 1.25 bits per heavy atom. The molecular weight excluding hydrogens is 331 g/mol. The number of ether oxygens (including phenoxy) is 1. The average molecular weight is 345 g/mol. The Morgan fingerprint density at radius 2 is 1.92 bits per heavy atom. The first-order valence-electron chi connectivity index (χ1n) is 6.91. The number of carbonyl (C=O) groups excluding carboxylic acids is 3. The van der Waals surface area contributed by atoms with Crippen LogP contribution in [0.4, 0.5) is 23.7 Å². The summed E-state index contributed by atoms with van der Waals surface area (Å²) in [6, 6.07) is 1.48. The van der Waals surface area contributed by atoms with Crippen molar-refractivity contribution < 1.29 is 32.3 Å². The third-order valence-corrected chi connectivity index (χ3v) is 3.10. The van der Waals surface area contributed by atoms with Crippen molar-refractivity contribution in [2.75, 3.05) is 12.3 Å². The van der Waals surface area contributed by atoms with Crippen molar-refractivity contribution >= 4 is 23.6 Å². The van der Waals surface area contributed by atoms with E-state index in [9.17, 15) is 27.6 Å². The van der Waals surface area contributed by atoms with Crippen LogP contribution in [-0.4, -0.2) is 30.6 Å². The zero-order valence-electron chi connectivity index (χ0n) is 12.3. The summed E-state index contributed by atoms with van der Waals surface area (Å²) in [6.45, 7) is -0.766. The van der Waals surface area contributed by atoms with E-state index in [0.29, 0.717) is 12.1 Å². The highest BCUT2D eigenvalue weighted by Gasteiger charge is 2.31. The first-order chi connectivity index (χ1) is 11.2. The van der Waals surface area contributed by atoms with Crippen LogP contribution in [0.2, 0.25) is 0 Å². The highest BCUT2D eigenvalue weighted by molar-refractivity contribution is 5.99. The largest absolute Gasteiger partial charge is 0.452 e. The fourth-order valence-corrected chi connectivity index (χ4v) is 1.75. The van der Waals surface area contributed by atoms with Crippen LogP contribution in [0.3, 0.4) is 0 Å². The lowest BCUT2D eigenvalue weighted by Crippen LogP contribution is -2.42. The molecule has 0 saturated heterocycles. The minimum absolute atomic E-state index is 0.0484. The molecule has 0 atom stereocenters. The highest BCUT2D eigenvalue weighted by Crippen LogP contribution is 2.31. The average Bonchev–Trinajstić information content (AvgIpc) is 3.27. The Hall–Kier alpha value is -2.78. The van der Waals surface area contributed by atoms with Crippen molar-refractivity contribution in [3.05, 3.63) is 29.3 Å². The quantitative estimate of drug-likeness (QED) is 0.565. The van der Waals surface area contributed by atoms with Gasteiger partial charge in [-0.15, -0.1) is 0 Å². The smallest absolute Gasteiger partial charge is 0.416 e. The van der Waals surface area contributed by atoms with Crippen molar-refractivity contribution in [1.82, 2.24) is 10.6 Å². The lowest BCUT2D eigenvalue weighted by molar-refractivity contribution is -0.137. The molecule has 1 saturated carbocycles. The molecule has 1 aromatic carbocycles. The summed E-state index contributed by atoms with van der Waals surface area (Å²) in [6.07, 6.45) is -2.92. The second-order valence-corrected chi connectivity index (χ2v) is 5.17. The predicted octanol–water partition coefficient (Wildman–Crippen LogP) is 1.43. The predicted molar refractivity (Wildman–Crippen MR) is 75.8 cm³/mol. The maximum absolute atomic E-state index is 12.5. The summed E-state index contributed by atoms with van der Waals surface area (Å²) in [5.41, 5.74) is 3.66. The number of hydrogen-bond donors (Lipinski definition) is 3. The molecule has 0 aromatic heterocycles. The number of nitrogens with two attached hydrogens (primary N) is 1. The molecule has 10 heteroatoms. The number of benzene rings is 1. The number of halogens is 3. The molecule has 1 aliphatic carbocycles. The van der Waals surface area contributed by atoms with Crippen LogP contribution < -0.4 is 16.4 Å². The Balaban J connectivity index is 1.87. The third kappa shape index (κ3) is 4.86. The lowest BCUT2D eigenvalue weighted by atomic mass is 10.1. The van der Waals surface area contributed by atoms with Crippen LogP contribution in [0.1, 0.15) is 28.8 Å². The molecule has 0 aliphatic heterocycles. The molecule has 0 heterocycles. The Labute approximate surface area is 134 Å². The topological polar surface area (TPSA) is 111 Å². The van der Waals surface area contributed by atoms with E-state index in [1.165, 1.54) is 0 Å². The van der Waals surface area contributed by atoms with Gasteiger partial charge in [0.25, 0.3) is 5.91 Å². The molecule has 7 nitrogen and oxygen atoms in total. The van der Waals surface area contributed by atoms with E-state index < -0.39 is 41.9 Å². The number of esters is 1. The van der Waals surface area contributed by atoms with Crippen LogP contribution in [0.25, 0.3) is 0 Å². The molecular formula is C14H14F3N3O4. The summed E-state index contributed by atoms with van der Waals surface area (Å²) < 4.78 is 42.2. The molecule has 0 unspecified atom stereocenters. The van der Waals surface area contributed by atoms with Crippen LogP contribution in [0.15, 0.2) is 18.2 Å². The highest BCUT2D eigenvalue weighted by atomic mass is 19.4. The molecule has 130 valence electrons. The lowest BCUT2D eigenvalue weighted by Gasteiger charge is -2.11. The number of nitrogens with one attached hydrogen (secondary N) is 2. The van der Waals surface area contributed by atoms with Crippen molar-refractivity contribution in [2.24, 2.45) is 0 Å². The van der Waals surface area contributed by atoms with Crippen molar-refractivity contribution in [3.63, 3.8) is 0 Å². The van der Waals surface area contributed by atoms with Gasteiger partial charge in [0.15, 0.2) is 6.61 Å². The number of carbonyl (C=O) groups is 3. The number of alkyl halides is 3. The van der Waals surface area contributed by atoms with E-state index in [1.807, 2.05) is 5.32 Å². The van der Waals surface area contributed by atoms with Gasteiger partial charge in [-0.3, -0.25) is 10.1 Å². The molecule has 0 bridgehead atoms. The molecule has 1 aromatic rings. The summed E-state index contributed by atoms with van der Waals surface area (Å²) in [5.74, 6) is -1.94. The second-order valence-electron chi connectivity index (χ2n) is 5.17. The van der Waals surface area contributed by atoms with Gasteiger partial charge in [0.1, 0.15) is 0 Å². The SMILES string of the molecule is Nc1cc(C(F)(F)F)ccc1C(=O)OCC(=O)NC(=O)NC1CC1. The normalized spacial score (nSPS) is 14.0. The van der Waals surface area contributed by atoms with Gasteiger partial charge in [0, 0.05) is 11.7 Å². The van der Waals surface area contributed by atoms with E-state index in [1.54, 1.807) is 0 Å². The number of rotatable bonds is 4. The fraction of sp³-hybridized carbons (Fsp3) is 0.357. The summed E-state index contributed by atoms with van der Waals surface area (Å²) in [4.78, 5) is 34.5. The van der Waals surface area contributed by atoms with Gasteiger partial charge in [0.2, 0.25) is 0 Å². The molecule has 0 spiro atoms. The van der Waals surface area contributed by atoms with Gasteiger partial charge >= 0.3 is 18.2 Å². The zero-order valence-corrected chi connectivity index (χ0v) is 12.3. The number of hydrogen-bond acceptors (Lipinski definition) is 5. The summed E-state index contributed by atoms with van der Waals surface area (Å²) >= 11 is 0. The van der Waals surface area contributed by atoms with Crippen molar-refractivity contribution in [3.8, 4) is 0 Å². The molecule has 4 N–H and O–H groups in total. The van der Waals surface area contributed by atoms with Crippen LogP contribution in [-0.2, 0) is 15.7 Å². The Kier molecular flexibility index (Phi) is 4.96. The Morgan fingerprint density at radius 3 is 2.46 bits per heavy atom. The number of urea groups is 1. The number of amides is 3. The minimum Gasteiger partial charge on any atom is -0.452 e. The van der Waals surface area contributed by atoms with E-state index in [-0.39, 0.29) is 11.6 Å². The summed E-state index contributed by atoms with van der Waals surface area (Å²) in [7, 11) is 0. The maximum Gasteiger partial charge on any atom is 0.416 e. The van der Waals surface area contributed by atoms with E-state index in [4.69, 9.17) is 5.73 Å². The molecule has 2 rings (SSSR count). The van der Waals surface area contributed by atoms with Gasteiger partial charge in [-0.05, 0) is 31.0 Å². The number of anilines is 1. The monoisotopic (exact) mass is 345 g/mol. The Bertz CT molecular complexity index is 672. The van der Waals surface area contributed by atoms with Crippen LogP contribution in [0.5, 0.6) is 0 Å². The number of nitrogen functional groups attached to an aromatic ring is 1. The van der Waals surface area contributed by atoms with Gasteiger partial charge in [-0.2, -0.15) is 13.2 Å².